The summed E-state index contributed by atoms with van der Waals surface area (Å²) >= 11 is 11.8. The summed E-state index contributed by atoms with van der Waals surface area (Å²) in [5.74, 6) is -0.545. The molecule has 0 saturated carbocycles. The standard InChI is InChI=1S/C15H12Cl2N2O3/c1-22-14(20)10-4-2-3-5-12(10)18-15(21)19-13-8-9(16)6-7-11(13)17/h2-8H,1H3,(H2,18,19,21). The molecule has 2 amide bonds. The molecule has 2 aromatic carbocycles. The number of nitrogens with one attached hydrogen (secondary N) is 2. The molecule has 0 aliphatic heterocycles. The number of halogens is 2. The van der Waals surface area contributed by atoms with Crippen molar-refractivity contribution >= 4 is 46.6 Å². The predicted molar refractivity (Wildman–Crippen MR) is 86.9 cm³/mol. The zero-order chi connectivity index (χ0) is 16.1. The summed E-state index contributed by atoms with van der Waals surface area (Å²) < 4.78 is 4.66. The molecule has 7 heteroatoms. The van der Waals surface area contributed by atoms with E-state index in [4.69, 9.17) is 23.2 Å². The van der Waals surface area contributed by atoms with Crippen LogP contribution in [0.15, 0.2) is 42.5 Å². The molecule has 0 radical (unpaired) electrons. The van der Waals surface area contributed by atoms with Crippen LogP contribution in [0.3, 0.4) is 0 Å². The highest BCUT2D eigenvalue weighted by molar-refractivity contribution is 6.35. The Kier molecular flexibility index (Phi) is 5.25. The third kappa shape index (κ3) is 3.90. The minimum atomic E-state index is -0.555. The van der Waals surface area contributed by atoms with E-state index in [0.29, 0.717) is 21.4 Å². The fourth-order valence-electron chi connectivity index (χ4n) is 1.75. The van der Waals surface area contributed by atoms with Crippen molar-refractivity contribution < 1.29 is 14.3 Å². The Balaban J connectivity index is 2.16. The zero-order valence-corrected chi connectivity index (χ0v) is 13.0. The molecular formula is C15H12Cl2N2O3. The van der Waals surface area contributed by atoms with Gasteiger partial charge in [-0.05, 0) is 30.3 Å². The fourth-order valence-corrected chi connectivity index (χ4v) is 2.09. The molecule has 0 fully saturated rings. The Labute approximate surface area is 137 Å². The van der Waals surface area contributed by atoms with Crippen molar-refractivity contribution in [3.05, 3.63) is 58.1 Å². The molecule has 2 aromatic rings. The molecule has 5 nitrogen and oxygen atoms in total. The highest BCUT2D eigenvalue weighted by Crippen LogP contribution is 2.25. The quantitative estimate of drug-likeness (QED) is 0.813. The van der Waals surface area contributed by atoms with E-state index in [0.717, 1.165) is 0 Å². The number of ether oxygens (including phenoxy) is 1. The Morgan fingerprint density at radius 3 is 2.41 bits per heavy atom. The van der Waals surface area contributed by atoms with Crippen molar-refractivity contribution in [1.82, 2.24) is 0 Å². The van der Waals surface area contributed by atoms with E-state index in [1.807, 2.05) is 0 Å². The molecule has 0 heterocycles. The van der Waals surface area contributed by atoms with Gasteiger partial charge in [-0.25, -0.2) is 9.59 Å². The number of esters is 1. The lowest BCUT2D eigenvalue weighted by Crippen LogP contribution is -2.21. The molecule has 0 aliphatic carbocycles. The largest absolute Gasteiger partial charge is 0.465 e. The van der Waals surface area contributed by atoms with Crippen molar-refractivity contribution in [1.29, 1.82) is 0 Å². The second kappa shape index (κ2) is 7.15. The number of anilines is 2. The molecule has 0 spiro atoms. The molecule has 114 valence electrons. The van der Waals surface area contributed by atoms with E-state index >= 15 is 0 Å². The zero-order valence-electron chi connectivity index (χ0n) is 11.5. The first kappa shape index (κ1) is 16.1. The Hall–Kier alpha value is -2.24. The summed E-state index contributed by atoms with van der Waals surface area (Å²) in [6.07, 6.45) is 0. The van der Waals surface area contributed by atoms with Gasteiger partial charge in [-0.15, -0.1) is 0 Å². The third-order valence-corrected chi connectivity index (χ3v) is 3.32. The summed E-state index contributed by atoms with van der Waals surface area (Å²) in [4.78, 5) is 23.7. The Morgan fingerprint density at radius 2 is 1.68 bits per heavy atom. The number of para-hydroxylation sites is 1. The minimum Gasteiger partial charge on any atom is -0.465 e. The van der Waals surface area contributed by atoms with Gasteiger partial charge in [0.05, 0.1) is 29.1 Å². The van der Waals surface area contributed by atoms with Gasteiger partial charge in [-0.3, -0.25) is 0 Å². The molecular weight excluding hydrogens is 327 g/mol. The fraction of sp³-hybridized carbons (Fsp3) is 0.0667. The molecule has 0 aromatic heterocycles. The van der Waals surface area contributed by atoms with E-state index in [1.54, 1.807) is 36.4 Å². The van der Waals surface area contributed by atoms with Crippen molar-refractivity contribution in [3.8, 4) is 0 Å². The summed E-state index contributed by atoms with van der Waals surface area (Å²) in [5, 5.41) is 5.92. The number of carbonyl (C=O) groups is 2. The normalized spacial score (nSPS) is 9.95. The smallest absolute Gasteiger partial charge is 0.339 e. The Bertz CT molecular complexity index is 720. The van der Waals surface area contributed by atoms with Gasteiger partial charge in [-0.2, -0.15) is 0 Å². The van der Waals surface area contributed by atoms with Crippen LogP contribution in [0.5, 0.6) is 0 Å². The topological polar surface area (TPSA) is 67.4 Å². The third-order valence-electron chi connectivity index (χ3n) is 2.76. The van der Waals surface area contributed by atoms with Crippen LogP contribution in [0.4, 0.5) is 16.2 Å². The molecule has 0 aliphatic rings. The van der Waals surface area contributed by atoms with E-state index in [9.17, 15) is 9.59 Å². The van der Waals surface area contributed by atoms with Crippen molar-refractivity contribution in [2.75, 3.05) is 17.7 Å². The number of hydrogen-bond acceptors (Lipinski definition) is 3. The number of rotatable bonds is 3. The van der Waals surface area contributed by atoms with Crippen LogP contribution in [0.1, 0.15) is 10.4 Å². The van der Waals surface area contributed by atoms with E-state index in [2.05, 4.69) is 15.4 Å². The predicted octanol–water partition coefficient (Wildman–Crippen LogP) is 4.42. The van der Waals surface area contributed by atoms with Gasteiger partial charge in [-0.1, -0.05) is 35.3 Å². The summed E-state index contributed by atoms with van der Waals surface area (Å²) in [7, 11) is 1.27. The molecule has 0 atom stereocenters. The number of carbonyl (C=O) groups excluding carboxylic acids is 2. The maximum Gasteiger partial charge on any atom is 0.339 e. The average Bonchev–Trinajstić information content (AvgIpc) is 2.50. The monoisotopic (exact) mass is 338 g/mol. The van der Waals surface area contributed by atoms with Crippen LogP contribution in [0, 0.1) is 0 Å². The molecule has 2 N–H and O–H groups in total. The van der Waals surface area contributed by atoms with Gasteiger partial charge in [0.1, 0.15) is 0 Å². The van der Waals surface area contributed by atoms with E-state index in [1.165, 1.54) is 13.2 Å². The van der Waals surface area contributed by atoms with Crippen molar-refractivity contribution in [2.24, 2.45) is 0 Å². The van der Waals surface area contributed by atoms with Crippen LogP contribution < -0.4 is 10.6 Å². The van der Waals surface area contributed by atoms with E-state index in [-0.39, 0.29) is 5.56 Å². The average molecular weight is 339 g/mol. The molecule has 22 heavy (non-hydrogen) atoms. The number of amides is 2. The maximum atomic E-state index is 12.0. The summed E-state index contributed by atoms with van der Waals surface area (Å²) in [6, 6.07) is 10.6. The molecule has 0 bridgehead atoms. The molecule has 0 unspecified atom stereocenters. The van der Waals surface area contributed by atoms with Gasteiger partial charge in [0, 0.05) is 5.02 Å². The Morgan fingerprint density at radius 1 is 1.00 bits per heavy atom. The van der Waals surface area contributed by atoms with Gasteiger partial charge in [0.15, 0.2) is 0 Å². The lowest BCUT2D eigenvalue weighted by molar-refractivity contribution is 0.0602. The molecule has 0 saturated heterocycles. The highest BCUT2D eigenvalue weighted by Gasteiger charge is 2.14. The van der Waals surface area contributed by atoms with Crippen LogP contribution in [0.2, 0.25) is 10.0 Å². The van der Waals surface area contributed by atoms with Gasteiger partial charge in [0.25, 0.3) is 0 Å². The van der Waals surface area contributed by atoms with Crippen LogP contribution in [-0.2, 0) is 4.74 Å². The van der Waals surface area contributed by atoms with Gasteiger partial charge < -0.3 is 15.4 Å². The summed E-state index contributed by atoms with van der Waals surface area (Å²) in [5.41, 5.74) is 0.935. The van der Waals surface area contributed by atoms with Crippen LogP contribution in [0.25, 0.3) is 0 Å². The van der Waals surface area contributed by atoms with Crippen molar-refractivity contribution in [2.45, 2.75) is 0 Å². The van der Waals surface area contributed by atoms with E-state index < -0.39 is 12.0 Å². The van der Waals surface area contributed by atoms with Gasteiger partial charge >= 0.3 is 12.0 Å². The lowest BCUT2D eigenvalue weighted by Gasteiger charge is -2.11. The van der Waals surface area contributed by atoms with Crippen molar-refractivity contribution in [3.63, 3.8) is 0 Å². The first-order valence-corrected chi connectivity index (χ1v) is 6.97. The first-order chi connectivity index (χ1) is 10.5. The number of hydrogen-bond donors (Lipinski definition) is 2. The SMILES string of the molecule is COC(=O)c1ccccc1NC(=O)Nc1cc(Cl)ccc1Cl. The highest BCUT2D eigenvalue weighted by atomic mass is 35.5. The van der Waals surface area contributed by atoms with Crippen LogP contribution >= 0.6 is 23.2 Å². The number of benzene rings is 2. The summed E-state index contributed by atoms with van der Waals surface area (Å²) in [6.45, 7) is 0. The first-order valence-electron chi connectivity index (χ1n) is 6.21. The van der Waals surface area contributed by atoms with Crippen LogP contribution in [-0.4, -0.2) is 19.1 Å². The maximum absolute atomic E-state index is 12.0. The number of urea groups is 1. The lowest BCUT2D eigenvalue weighted by atomic mass is 10.2. The van der Waals surface area contributed by atoms with Gasteiger partial charge in [0.2, 0.25) is 0 Å². The second-order valence-electron chi connectivity index (χ2n) is 4.24. The second-order valence-corrected chi connectivity index (χ2v) is 5.08. The number of methoxy groups -OCH3 is 1. The minimum absolute atomic E-state index is 0.248. The molecule has 2 rings (SSSR count).